The molecule has 0 amide bonds. The Morgan fingerprint density at radius 2 is 2.00 bits per heavy atom. The van der Waals surface area contributed by atoms with E-state index in [0.717, 1.165) is 12.8 Å². The molecule has 1 nitrogen and oxygen atoms in total. The summed E-state index contributed by atoms with van der Waals surface area (Å²) in [6.45, 7) is 3.88. The van der Waals surface area contributed by atoms with Crippen LogP contribution in [0.5, 0.6) is 0 Å². The van der Waals surface area contributed by atoms with E-state index in [0.29, 0.717) is 0 Å². The van der Waals surface area contributed by atoms with Crippen LogP contribution in [0.15, 0.2) is 0 Å². The van der Waals surface area contributed by atoms with Crippen molar-refractivity contribution in [1.29, 1.82) is 0 Å². The first-order chi connectivity index (χ1) is 3.77. The summed E-state index contributed by atoms with van der Waals surface area (Å²) in [5.74, 6) is 0. The summed E-state index contributed by atoms with van der Waals surface area (Å²) in [7, 11) is 0. The summed E-state index contributed by atoms with van der Waals surface area (Å²) in [5, 5.41) is 10.4. The van der Waals surface area contributed by atoms with Gasteiger partial charge in [-0.15, -0.1) is 0 Å². The van der Waals surface area contributed by atoms with E-state index in [9.17, 15) is 5.11 Å². The SMILES string of the molecule is CCCCCC(C)[O]. The third-order valence-electron chi connectivity index (χ3n) is 1.21. The predicted octanol–water partition coefficient (Wildman–Crippen LogP) is 2.39. The van der Waals surface area contributed by atoms with Gasteiger partial charge in [0, 0.05) is 0 Å². The number of hydrogen-bond acceptors (Lipinski definition) is 0. The zero-order chi connectivity index (χ0) is 6.41. The molecule has 0 aliphatic heterocycles. The van der Waals surface area contributed by atoms with Gasteiger partial charge in [0.2, 0.25) is 0 Å². The van der Waals surface area contributed by atoms with Crippen molar-refractivity contribution in [3.63, 3.8) is 0 Å². The minimum absolute atomic E-state index is 0.346. The van der Waals surface area contributed by atoms with Crippen LogP contribution in [0, 0.1) is 0 Å². The normalized spacial score (nSPS) is 13.9. The third kappa shape index (κ3) is 5.96. The van der Waals surface area contributed by atoms with Gasteiger partial charge in [-0.25, -0.2) is 5.11 Å². The number of rotatable bonds is 4. The molecule has 49 valence electrons. The Balaban J connectivity index is 2.72. The quantitative estimate of drug-likeness (QED) is 0.501. The molecule has 0 N–H and O–H groups in total. The highest BCUT2D eigenvalue weighted by Gasteiger charge is 1.94. The first kappa shape index (κ1) is 7.96. The molecule has 0 aliphatic carbocycles. The van der Waals surface area contributed by atoms with Crippen molar-refractivity contribution in [3.05, 3.63) is 0 Å². The van der Waals surface area contributed by atoms with Crippen LogP contribution < -0.4 is 0 Å². The van der Waals surface area contributed by atoms with Gasteiger partial charge in [-0.05, 0) is 13.3 Å². The summed E-state index contributed by atoms with van der Waals surface area (Å²) >= 11 is 0. The molecule has 0 aromatic carbocycles. The molecule has 0 aromatic heterocycles. The van der Waals surface area contributed by atoms with E-state index >= 15 is 0 Å². The Morgan fingerprint density at radius 3 is 2.38 bits per heavy atom. The van der Waals surface area contributed by atoms with Crippen LogP contribution in [0.1, 0.15) is 39.5 Å². The average molecular weight is 115 g/mol. The topological polar surface area (TPSA) is 19.9 Å². The molecule has 0 heterocycles. The standard InChI is InChI=1S/C7H15O/c1-3-4-5-6-7(2)8/h7H,3-6H2,1-2H3. The lowest BCUT2D eigenvalue weighted by Gasteiger charge is -1.97. The Bertz CT molecular complexity index is 41.7. The lowest BCUT2D eigenvalue weighted by atomic mass is 10.1. The maximum Gasteiger partial charge on any atom is 0.0902 e. The zero-order valence-corrected chi connectivity index (χ0v) is 5.81. The van der Waals surface area contributed by atoms with Crippen molar-refractivity contribution < 1.29 is 5.11 Å². The zero-order valence-electron chi connectivity index (χ0n) is 5.81. The number of hydrogen-bond donors (Lipinski definition) is 0. The molecule has 0 aromatic rings. The van der Waals surface area contributed by atoms with Gasteiger partial charge in [-0.3, -0.25) is 0 Å². The third-order valence-corrected chi connectivity index (χ3v) is 1.21. The van der Waals surface area contributed by atoms with Gasteiger partial charge in [-0.2, -0.15) is 0 Å². The average Bonchev–Trinajstić information content (AvgIpc) is 1.66. The van der Waals surface area contributed by atoms with Gasteiger partial charge in [0.05, 0.1) is 6.10 Å². The molecule has 0 spiro atoms. The van der Waals surface area contributed by atoms with Crippen molar-refractivity contribution in [1.82, 2.24) is 0 Å². The van der Waals surface area contributed by atoms with E-state index in [1.54, 1.807) is 6.92 Å². The molecule has 1 heteroatoms. The van der Waals surface area contributed by atoms with Gasteiger partial charge in [0.15, 0.2) is 0 Å². The molecular weight excluding hydrogens is 100 g/mol. The van der Waals surface area contributed by atoms with Crippen molar-refractivity contribution in [2.45, 2.75) is 45.6 Å². The molecule has 0 bridgehead atoms. The van der Waals surface area contributed by atoms with E-state index in [1.807, 2.05) is 0 Å². The molecular formula is C7H15O. The minimum Gasteiger partial charge on any atom is -0.233 e. The van der Waals surface area contributed by atoms with Gasteiger partial charge in [-0.1, -0.05) is 26.2 Å². The smallest absolute Gasteiger partial charge is 0.0902 e. The Labute approximate surface area is 51.7 Å². The van der Waals surface area contributed by atoms with Crippen LogP contribution >= 0.6 is 0 Å². The fourth-order valence-electron chi connectivity index (χ4n) is 0.682. The van der Waals surface area contributed by atoms with Gasteiger partial charge >= 0.3 is 0 Å². The maximum atomic E-state index is 10.4. The van der Waals surface area contributed by atoms with E-state index in [2.05, 4.69) is 6.92 Å². The molecule has 1 atom stereocenters. The van der Waals surface area contributed by atoms with E-state index in [4.69, 9.17) is 0 Å². The summed E-state index contributed by atoms with van der Waals surface area (Å²) < 4.78 is 0. The molecule has 8 heavy (non-hydrogen) atoms. The molecule has 0 fully saturated rings. The highest BCUT2D eigenvalue weighted by molar-refractivity contribution is 4.45. The first-order valence-electron chi connectivity index (χ1n) is 3.43. The predicted molar refractivity (Wildman–Crippen MR) is 34.3 cm³/mol. The highest BCUT2D eigenvalue weighted by atomic mass is 16.3. The number of unbranched alkanes of at least 4 members (excludes halogenated alkanes) is 2. The molecule has 0 aliphatic rings. The highest BCUT2D eigenvalue weighted by Crippen LogP contribution is 2.01. The van der Waals surface area contributed by atoms with E-state index in [-0.39, 0.29) is 6.10 Å². The summed E-state index contributed by atoms with van der Waals surface area (Å²) in [4.78, 5) is 0. The van der Waals surface area contributed by atoms with Crippen LogP contribution in [-0.4, -0.2) is 6.10 Å². The van der Waals surface area contributed by atoms with Crippen molar-refractivity contribution in [3.8, 4) is 0 Å². The van der Waals surface area contributed by atoms with Crippen LogP contribution in [0.2, 0.25) is 0 Å². The Hall–Kier alpha value is -0.0400. The van der Waals surface area contributed by atoms with Crippen molar-refractivity contribution in [2.75, 3.05) is 0 Å². The molecule has 0 rings (SSSR count). The largest absolute Gasteiger partial charge is 0.233 e. The fraction of sp³-hybridized carbons (Fsp3) is 1.00. The monoisotopic (exact) mass is 115 g/mol. The van der Waals surface area contributed by atoms with Gasteiger partial charge in [0.25, 0.3) is 0 Å². The minimum atomic E-state index is -0.346. The van der Waals surface area contributed by atoms with Crippen LogP contribution in [-0.2, 0) is 5.11 Å². The van der Waals surface area contributed by atoms with Crippen LogP contribution in [0.25, 0.3) is 0 Å². The first-order valence-corrected chi connectivity index (χ1v) is 3.43. The summed E-state index contributed by atoms with van der Waals surface area (Å²) in [6.07, 6.45) is 4.05. The second-order valence-corrected chi connectivity index (χ2v) is 2.31. The van der Waals surface area contributed by atoms with E-state index < -0.39 is 0 Å². The Kier molecular flexibility index (Phi) is 5.08. The lowest BCUT2D eigenvalue weighted by Crippen LogP contribution is -1.95. The molecule has 1 radical (unpaired) electrons. The van der Waals surface area contributed by atoms with Gasteiger partial charge in [0.1, 0.15) is 0 Å². The maximum absolute atomic E-state index is 10.4. The molecule has 0 saturated heterocycles. The van der Waals surface area contributed by atoms with Crippen LogP contribution in [0.3, 0.4) is 0 Å². The lowest BCUT2D eigenvalue weighted by molar-refractivity contribution is 0.0952. The van der Waals surface area contributed by atoms with Crippen LogP contribution in [0.4, 0.5) is 0 Å². The summed E-state index contributed by atoms with van der Waals surface area (Å²) in [6, 6.07) is 0. The van der Waals surface area contributed by atoms with Crippen molar-refractivity contribution >= 4 is 0 Å². The van der Waals surface area contributed by atoms with E-state index in [1.165, 1.54) is 12.8 Å². The molecule has 0 saturated carbocycles. The second-order valence-electron chi connectivity index (χ2n) is 2.31. The second kappa shape index (κ2) is 5.10. The molecule has 1 unspecified atom stereocenters. The summed E-state index contributed by atoms with van der Waals surface area (Å²) in [5.41, 5.74) is 0. The van der Waals surface area contributed by atoms with Gasteiger partial charge < -0.3 is 0 Å². The van der Waals surface area contributed by atoms with Crippen molar-refractivity contribution in [2.24, 2.45) is 0 Å². The Morgan fingerprint density at radius 1 is 1.38 bits per heavy atom. The fourth-order valence-corrected chi connectivity index (χ4v) is 0.682.